The van der Waals surface area contributed by atoms with Crippen molar-refractivity contribution in [3.05, 3.63) is 41.7 Å². The molecule has 3 aromatic rings. The Morgan fingerprint density at radius 2 is 1.81 bits per heavy atom. The maximum Gasteiger partial charge on any atom is 0.433 e. The van der Waals surface area contributed by atoms with Crippen LogP contribution in [0.5, 0.6) is 11.5 Å². The van der Waals surface area contributed by atoms with Crippen molar-refractivity contribution in [2.75, 3.05) is 40.5 Å². The molecule has 0 radical (unpaired) electrons. The number of amides is 1. The molecule has 0 saturated carbocycles. The Balaban J connectivity index is 1.88. The number of ether oxygens (including phenoxy) is 3. The Morgan fingerprint density at radius 3 is 2.45 bits per heavy atom. The largest absolute Gasteiger partial charge is 0.493 e. The quantitative estimate of drug-likeness (QED) is 0.626. The van der Waals surface area contributed by atoms with Crippen molar-refractivity contribution < 1.29 is 32.2 Å². The Morgan fingerprint density at radius 1 is 1.10 bits per heavy atom. The Kier molecular flexibility index (Phi) is 5.44. The van der Waals surface area contributed by atoms with E-state index in [1.807, 2.05) is 0 Å². The van der Waals surface area contributed by atoms with Crippen molar-refractivity contribution in [1.82, 2.24) is 19.5 Å². The van der Waals surface area contributed by atoms with Gasteiger partial charge in [-0.15, -0.1) is 0 Å². The molecule has 2 aromatic heterocycles. The van der Waals surface area contributed by atoms with E-state index in [-0.39, 0.29) is 16.9 Å². The Hall–Kier alpha value is -3.34. The normalized spacial score (nSPS) is 14.7. The number of alkyl halides is 3. The summed E-state index contributed by atoms with van der Waals surface area (Å²) in [6.07, 6.45) is -3.59. The third-order valence-electron chi connectivity index (χ3n) is 4.97. The Bertz CT molecular complexity index is 1120. The van der Waals surface area contributed by atoms with E-state index in [1.54, 1.807) is 12.1 Å². The summed E-state index contributed by atoms with van der Waals surface area (Å²) in [7, 11) is 2.88. The summed E-state index contributed by atoms with van der Waals surface area (Å²) in [5.41, 5.74) is -0.817. The molecular formula is C20H19F3N4O4. The first-order valence-corrected chi connectivity index (χ1v) is 9.39. The number of hydrogen-bond acceptors (Lipinski definition) is 6. The highest BCUT2D eigenvalue weighted by Crippen LogP contribution is 2.36. The lowest BCUT2D eigenvalue weighted by Crippen LogP contribution is -2.40. The van der Waals surface area contributed by atoms with E-state index in [0.717, 1.165) is 12.3 Å². The van der Waals surface area contributed by atoms with Gasteiger partial charge in [-0.1, -0.05) is 0 Å². The second kappa shape index (κ2) is 8.06. The summed E-state index contributed by atoms with van der Waals surface area (Å²) >= 11 is 0. The molecule has 8 nitrogen and oxygen atoms in total. The minimum absolute atomic E-state index is 0.00488. The van der Waals surface area contributed by atoms with Gasteiger partial charge < -0.3 is 19.1 Å². The highest BCUT2D eigenvalue weighted by atomic mass is 19.4. The maximum atomic E-state index is 13.8. The van der Waals surface area contributed by atoms with E-state index >= 15 is 0 Å². The van der Waals surface area contributed by atoms with Gasteiger partial charge in [0.05, 0.1) is 39.3 Å². The van der Waals surface area contributed by atoms with Crippen LogP contribution in [0.15, 0.2) is 30.5 Å². The summed E-state index contributed by atoms with van der Waals surface area (Å²) < 4.78 is 57.7. The molecule has 1 aromatic carbocycles. The molecule has 0 bridgehead atoms. The van der Waals surface area contributed by atoms with Crippen LogP contribution in [-0.4, -0.2) is 65.9 Å². The summed E-state index contributed by atoms with van der Waals surface area (Å²) in [5.74, 6) is 0.327. The predicted molar refractivity (Wildman–Crippen MR) is 103 cm³/mol. The average molecular weight is 436 g/mol. The third-order valence-corrected chi connectivity index (χ3v) is 4.97. The van der Waals surface area contributed by atoms with Gasteiger partial charge in [-0.3, -0.25) is 4.79 Å². The molecule has 1 saturated heterocycles. The minimum atomic E-state index is -4.71. The first-order chi connectivity index (χ1) is 14.8. The van der Waals surface area contributed by atoms with Crippen LogP contribution in [0.1, 0.15) is 16.1 Å². The minimum Gasteiger partial charge on any atom is -0.493 e. The summed E-state index contributed by atoms with van der Waals surface area (Å²) in [6, 6.07) is 5.56. The third kappa shape index (κ3) is 3.88. The van der Waals surface area contributed by atoms with Crippen LogP contribution in [0.25, 0.3) is 16.9 Å². The van der Waals surface area contributed by atoms with Crippen molar-refractivity contribution >= 4 is 11.6 Å². The van der Waals surface area contributed by atoms with Crippen molar-refractivity contribution in [2.45, 2.75) is 6.18 Å². The smallest absolute Gasteiger partial charge is 0.433 e. The first kappa shape index (κ1) is 20.9. The number of carbonyl (C=O) groups is 1. The van der Waals surface area contributed by atoms with Crippen LogP contribution >= 0.6 is 0 Å². The van der Waals surface area contributed by atoms with Crippen LogP contribution < -0.4 is 9.47 Å². The monoisotopic (exact) mass is 436 g/mol. The highest BCUT2D eigenvalue weighted by molar-refractivity contribution is 6.00. The van der Waals surface area contributed by atoms with Gasteiger partial charge in [0.25, 0.3) is 5.91 Å². The molecule has 1 fully saturated rings. The molecule has 1 aliphatic heterocycles. The second-order valence-electron chi connectivity index (χ2n) is 6.79. The van der Waals surface area contributed by atoms with Crippen LogP contribution in [0, 0.1) is 0 Å². The van der Waals surface area contributed by atoms with E-state index in [1.165, 1.54) is 25.2 Å². The summed E-state index contributed by atoms with van der Waals surface area (Å²) in [4.78, 5) is 18.8. The van der Waals surface area contributed by atoms with E-state index in [9.17, 15) is 18.0 Å². The number of rotatable bonds is 4. The van der Waals surface area contributed by atoms with Gasteiger partial charge in [0.1, 0.15) is 5.56 Å². The number of halogens is 3. The molecule has 11 heteroatoms. The molecule has 0 spiro atoms. The molecule has 3 heterocycles. The molecule has 31 heavy (non-hydrogen) atoms. The van der Waals surface area contributed by atoms with E-state index in [0.29, 0.717) is 47.9 Å². The zero-order valence-electron chi connectivity index (χ0n) is 16.8. The van der Waals surface area contributed by atoms with Crippen molar-refractivity contribution in [3.63, 3.8) is 0 Å². The molecular weight excluding hydrogens is 417 g/mol. The van der Waals surface area contributed by atoms with Gasteiger partial charge in [-0.25, -0.2) is 9.50 Å². The SMILES string of the molecule is COc1ccc(-c2cc(C(F)(F)F)n3ncc(C(=O)N4CCOCC4)c3n2)cc1OC. The van der Waals surface area contributed by atoms with Crippen LogP contribution in [-0.2, 0) is 10.9 Å². The van der Waals surface area contributed by atoms with Gasteiger partial charge in [-0.2, -0.15) is 18.3 Å². The zero-order valence-corrected chi connectivity index (χ0v) is 16.8. The highest BCUT2D eigenvalue weighted by Gasteiger charge is 2.36. The number of fused-ring (bicyclic) bond motifs is 1. The number of aromatic nitrogens is 3. The van der Waals surface area contributed by atoms with Gasteiger partial charge in [-0.05, 0) is 24.3 Å². The number of methoxy groups -OCH3 is 2. The number of hydrogen-bond donors (Lipinski definition) is 0. The molecule has 1 amide bonds. The van der Waals surface area contributed by atoms with E-state index < -0.39 is 17.8 Å². The molecule has 0 aliphatic carbocycles. The van der Waals surface area contributed by atoms with Crippen molar-refractivity contribution in [2.24, 2.45) is 0 Å². The molecule has 0 atom stereocenters. The number of morpholine rings is 1. The maximum absolute atomic E-state index is 13.8. The molecule has 0 N–H and O–H groups in total. The number of benzene rings is 1. The van der Waals surface area contributed by atoms with Crippen molar-refractivity contribution in [3.8, 4) is 22.8 Å². The standard InChI is InChI=1S/C20H19F3N4O4/c1-29-15-4-3-12(9-16(15)30-2)14-10-17(20(21,22)23)27-18(25-14)13(11-24-27)19(28)26-5-7-31-8-6-26/h3-4,9-11H,5-8H2,1-2H3. The van der Waals surface area contributed by atoms with E-state index in [4.69, 9.17) is 14.2 Å². The predicted octanol–water partition coefficient (Wildman–Crippen LogP) is 2.90. The lowest BCUT2D eigenvalue weighted by molar-refractivity contribution is -0.142. The zero-order chi connectivity index (χ0) is 22.2. The molecule has 164 valence electrons. The average Bonchev–Trinajstić information content (AvgIpc) is 3.21. The fraction of sp³-hybridized carbons (Fsp3) is 0.350. The van der Waals surface area contributed by atoms with Crippen LogP contribution in [0.3, 0.4) is 0 Å². The van der Waals surface area contributed by atoms with Gasteiger partial charge in [0.15, 0.2) is 22.8 Å². The number of carbonyl (C=O) groups excluding carboxylic acids is 1. The topological polar surface area (TPSA) is 78.2 Å². The van der Waals surface area contributed by atoms with Gasteiger partial charge in [0, 0.05) is 18.7 Å². The van der Waals surface area contributed by atoms with Crippen LogP contribution in [0.4, 0.5) is 13.2 Å². The fourth-order valence-corrected chi connectivity index (χ4v) is 3.40. The number of nitrogens with zero attached hydrogens (tertiary/aromatic N) is 4. The second-order valence-corrected chi connectivity index (χ2v) is 6.79. The lowest BCUT2D eigenvalue weighted by Gasteiger charge is -2.26. The first-order valence-electron chi connectivity index (χ1n) is 9.39. The molecule has 0 unspecified atom stereocenters. The van der Waals surface area contributed by atoms with Gasteiger partial charge >= 0.3 is 6.18 Å². The van der Waals surface area contributed by atoms with Gasteiger partial charge in [0.2, 0.25) is 0 Å². The van der Waals surface area contributed by atoms with Crippen molar-refractivity contribution in [1.29, 1.82) is 0 Å². The molecule has 4 rings (SSSR count). The van der Waals surface area contributed by atoms with E-state index in [2.05, 4.69) is 10.1 Å². The Labute approximate surface area is 175 Å². The molecule has 1 aliphatic rings. The van der Waals surface area contributed by atoms with Crippen LogP contribution in [0.2, 0.25) is 0 Å². The summed E-state index contributed by atoms with van der Waals surface area (Å²) in [5, 5.41) is 3.81. The summed E-state index contributed by atoms with van der Waals surface area (Å²) in [6.45, 7) is 1.42. The lowest BCUT2D eigenvalue weighted by atomic mass is 10.1. The fourth-order valence-electron chi connectivity index (χ4n) is 3.40.